The van der Waals surface area contributed by atoms with Crippen molar-refractivity contribution in [3.05, 3.63) is 69.3 Å². The first kappa shape index (κ1) is 20.3. The number of nitrogens with zero attached hydrogens (tertiary/aromatic N) is 3. The van der Waals surface area contributed by atoms with Crippen molar-refractivity contribution in [1.29, 1.82) is 5.26 Å². The largest absolute Gasteiger partial charge is 0.438 e. The number of para-hydroxylation sites is 1. The predicted molar refractivity (Wildman–Crippen MR) is 94.6 cm³/mol. The number of carbonyl (C=O) groups excluding carboxylic acids is 1. The molecule has 0 aliphatic rings. The standard InChI is InChI=1S/C18H11F3N4O3S/c1-10-7-13(18(19,20)21)12(8-22)16(23-10)29-9-14(26)15-17(27)28-24-25(15)11-5-3-2-4-6-11/h2-7H,9H2,1H3/p+1. The monoisotopic (exact) mass is 421 g/mol. The van der Waals surface area contributed by atoms with Gasteiger partial charge in [0.05, 0.1) is 16.9 Å². The highest BCUT2D eigenvalue weighted by Crippen LogP contribution is 2.35. The van der Waals surface area contributed by atoms with Gasteiger partial charge in [-0.1, -0.05) is 30.0 Å². The lowest BCUT2D eigenvalue weighted by molar-refractivity contribution is -0.672. The topological polar surface area (TPSA) is 104 Å². The van der Waals surface area contributed by atoms with Crippen molar-refractivity contribution in [2.75, 3.05) is 5.75 Å². The normalized spacial score (nSPS) is 11.3. The number of hydrogen-bond donors (Lipinski definition) is 1. The Morgan fingerprint density at radius 3 is 2.66 bits per heavy atom. The van der Waals surface area contributed by atoms with Crippen LogP contribution in [0.5, 0.6) is 0 Å². The third-order valence-electron chi connectivity index (χ3n) is 3.80. The Bertz CT molecular complexity index is 1160. The summed E-state index contributed by atoms with van der Waals surface area (Å²) in [6.45, 7) is 1.35. The molecule has 0 saturated heterocycles. The molecule has 3 rings (SSSR count). The number of hydrogen-bond acceptors (Lipinski definition) is 6. The van der Waals surface area contributed by atoms with Crippen molar-refractivity contribution in [3.8, 4) is 11.8 Å². The van der Waals surface area contributed by atoms with Crippen LogP contribution in [0.25, 0.3) is 5.69 Å². The first-order valence-corrected chi connectivity index (χ1v) is 9.05. The van der Waals surface area contributed by atoms with E-state index in [-0.39, 0.29) is 16.4 Å². The smallest absolute Gasteiger partial charge is 0.286 e. The number of ketones is 1. The molecule has 148 valence electrons. The van der Waals surface area contributed by atoms with E-state index in [1.807, 2.05) is 0 Å². The van der Waals surface area contributed by atoms with Gasteiger partial charge in [-0.3, -0.25) is 9.32 Å². The second-order valence-corrected chi connectivity index (χ2v) is 6.78. The number of carbonyl (C=O) groups is 1. The molecule has 7 nitrogen and oxygen atoms in total. The SMILES string of the molecule is Cc1cc(C(F)(F)F)c(C#N)c(SCC(=O)c2c(=O)o[nH][n+]2-c2ccccc2)n1. The summed E-state index contributed by atoms with van der Waals surface area (Å²) in [6, 6.07) is 10.6. The van der Waals surface area contributed by atoms with E-state index in [0.717, 1.165) is 10.7 Å². The van der Waals surface area contributed by atoms with E-state index in [1.54, 1.807) is 30.3 Å². The van der Waals surface area contributed by atoms with Crippen LogP contribution in [0.1, 0.15) is 27.3 Å². The Morgan fingerprint density at radius 2 is 2.03 bits per heavy atom. The minimum absolute atomic E-state index is 0.0479. The average molecular weight is 421 g/mol. The molecule has 0 aliphatic heterocycles. The van der Waals surface area contributed by atoms with Crippen LogP contribution in [0.2, 0.25) is 0 Å². The second kappa shape index (κ2) is 7.92. The maximum Gasteiger partial charge on any atom is 0.438 e. The Kier molecular flexibility index (Phi) is 5.56. The fourth-order valence-electron chi connectivity index (χ4n) is 2.55. The van der Waals surface area contributed by atoms with Gasteiger partial charge >= 0.3 is 17.5 Å². The quantitative estimate of drug-likeness (QED) is 0.386. The van der Waals surface area contributed by atoms with Crippen LogP contribution >= 0.6 is 11.8 Å². The van der Waals surface area contributed by atoms with Gasteiger partial charge < -0.3 is 0 Å². The number of alkyl halides is 3. The molecule has 1 N–H and O–H groups in total. The molecule has 0 bridgehead atoms. The zero-order valence-electron chi connectivity index (χ0n) is 14.8. The zero-order valence-corrected chi connectivity index (χ0v) is 15.6. The predicted octanol–water partition coefficient (Wildman–Crippen LogP) is 2.81. The van der Waals surface area contributed by atoms with Gasteiger partial charge in [0.15, 0.2) is 0 Å². The number of nitriles is 1. The maximum absolute atomic E-state index is 13.2. The van der Waals surface area contributed by atoms with Crippen molar-refractivity contribution < 1.29 is 27.2 Å². The zero-order chi connectivity index (χ0) is 21.2. The summed E-state index contributed by atoms with van der Waals surface area (Å²) >= 11 is 0.644. The van der Waals surface area contributed by atoms with Gasteiger partial charge in [0.2, 0.25) is 11.5 Å². The van der Waals surface area contributed by atoms with E-state index in [0.29, 0.717) is 17.4 Å². The number of thioether (sulfide) groups is 1. The minimum Gasteiger partial charge on any atom is -0.286 e. The molecule has 29 heavy (non-hydrogen) atoms. The number of nitrogens with one attached hydrogen (secondary N) is 1. The van der Waals surface area contributed by atoms with Crippen LogP contribution in [-0.4, -0.2) is 21.8 Å². The Labute approximate surface area is 165 Å². The lowest BCUT2D eigenvalue weighted by Crippen LogP contribution is -2.41. The molecule has 11 heteroatoms. The summed E-state index contributed by atoms with van der Waals surface area (Å²) in [5, 5.41) is 11.3. The van der Waals surface area contributed by atoms with Crippen LogP contribution in [0, 0.1) is 18.3 Å². The highest BCUT2D eigenvalue weighted by molar-refractivity contribution is 8.00. The van der Waals surface area contributed by atoms with Crippen molar-refractivity contribution in [3.63, 3.8) is 0 Å². The highest BCUT2D eigenvalue weighted by Gasteiger charge is 2.36. The summed E-state index contributed by atoms with van der Waals surface area (Å²) in [6.07, 6.45) is -4.74. The van der Waals surface area contributed by atoms with Crippen molar-refractivity contribution in [1.82, 2.24) is 10.3 Å². The number of H-pyrrole nitrogens is 1. The molecule has 1 aromatic carbocycles. The van der Waals surface area contributed by atoms with Gasteiger partial charge in [0.1, 0.15) is 11.1 Å². The van der Waals surface area contributed by atoms with Gasteiger partial charge in [-0.25, -0.2) is 9.78 Å². The van der Waals surface area contributed by atoms with Gasteiger partial charge in [-0.05, 0) is 22.9 Å². The third-order valence-corrected chi connectivity index (χ3v) is 4.77. The molecule has 2 heterocycles. The Hall–Kier alpha value is -3.39. The molecule has 0 atom stereocenters. The molecule has 0 amide bonds. The van der Waals surface area contributed by atoms with E-state index in [4.69, 9.17) is 0 Å². The van der Waals surface area contributed by atoms with Gasteiger partial charge in [-0.2, -0.15) is 18.4 Å². The van der Waals surface area contributed by atoms with Crippen molar-refractivity contribution in [2.24, 2.45) is 0 Å². The molecule has 3 aromatic rings. The van der Waals surface area contributed by atoms with Crippen LogP contribution in [-0.2, 0) is 6.18 Å². The fraction of sp³-hybridized carbons (Fsp3) is 0.167. The molecule has 0 spiro atoms. The fourth-order valence-corrected chi connectivity index (χ4v) is 3.47. The first-order chi connectivity index (χ1) is 13.7. The molecular weight excluding hydrogens is 409 g/mol. The van der Waals surface area contributed by atoms with Crippen LogP contribution in [0.4, 0.5) is 13.2 Å². The lowest BCUT2D eigenvalue weighted by Gasteiger charge is -2.12. The van der Waals surface area contributed by atoms with Crippen molar-refractivity contribution >= 4 is 17.5 Å². The Balaban J connectivity index is 1.92. The highest BCUT2D eigenvalue weighted by atomic mass is 32.2. The molecule has 0 radical (unpaired) electrons. The molecule has 0 aliphatic carbocycles. The number of halogens is 3. The number of aromatic amines is 1. The van der Waals surface area contributed by atoms with E-state index < -0.39 is 34.5 Å². The maximum atomic E-state index is 13.2. The van der Waals surface area contributed by atoms with E-state index in [1.165, 1.54) is 13.0 Å². The van der Waals surface area contributed by atoms with Crippen molar-refractivity contribution in [2.45, 2.75) is 18.1 Å². The molecule has 2 aromatic heterocycles. The minimum atomic E-state index is -4.74. The number of benzene rings is 1. The van der Waals surface area contributed by atoms with Crippen LogP contribution in [0.15, 0.2) is 50.7 Å². The molecule has 0 saturated carbocycles. The van der Waals surface area contributed by atoms with Crippen LogP contribution < -0.4 is 10.3 Å². The number of rotatable bonds is 5. The molecule has 0 fully saturated rings. The van der Waals surface area contributed by atoms with Crippen LogP contribution in [0.3, 0.4) is 0 Å². The number of aryl methyl sites for hydroxylation is 1. The summed E-state index contributed by atoms with van der Waals surface area (Å²) in [5.74, 6) is -1.12. The van der Waals surface area contributed by atoms with E-state index in [2.05, 4.69) is 14.8 Å². The molecule has 0 unspecified atom stereocenters. The summed E-state index contributed by atoms with van der Waals surface area (Å²) in [7, 11) is 0. The second-order valence-electron chi connectivity index (χ2n) is 5.81. The Morgan fingerprint density at radius 1 is 1.34 bits per heavy atom. The first-order valence-electron chi connectivity index (χ1n) is 8.06. The average Bonchev–Trinajstić information content (AvgIpc) is 3.07. The van der Waals surface area contributed by atoms with E-state index >= 15 is 0 Å². The summed E-state index contributed by atoms with van der Waals surface area (Å²) in [5.41, 5.74) is -2.54. The third kappa shape index (κ3) is 4.22. The summed E-state index contributed by atoms with van der Waals surface area (Å²) < 4.78 is 45.4. The van der Waals surface area contributed by atoms with Gasteiger partial charge in [0, 0.05) is 17.8 Å². The number of Topliss-reactive ketones (excluding diaryl/α,β-unsaturated/α-hetero) is 1. The molecular formula is C18H12F3N4O3S+. The van der Waals surface area contributed by atoms with Gasteiger partial charge in [0.25, 0.3) is 0 Å². The number of pyridine rings is 1. The summed E-state index contributed by atoms with van der Waals surface area (Å²) in [4.78, 5) is 28.5. The number of aromatic nitrogens is 3. The van der Waals surface area contributed by atoms with E-state index in [9.17, 15) is 28.0 Å². The van der Waals surface area contributed by atoms with Gasteiger partial charge in [-0.15, -0.1) is 0 Å². The lowest BCUT2D eigenvalue weighted by atomic mass is 10.1.